The normalized spacial score (nSPS) is 26.6. The minimum Gasteiger partial charge on any atom is -0.373 e. The van der Waals surface area contributed by atoms with E-state index in [1.165, 1.54) is 4.88 Å². The highest BCUT2D eigenvalue weighted by Crippen LogP contribution is 2.51. The topological polar surface area (TPSA) is 75.9 Å². The molecule has 1 unspecified atom stereocenters. The van der Waals surface area contributed by atoms with E-state index in [1.54, 1.807) is 11.3 Å². The standard InChI is InChI=1S/C16H22ClN3O3S/c1-19(9-15(18)21)7-10-8-20(4-5-23-10)16(22)12-6-11(12)13-2-3-14(17)24-13/h2-3,10-12H,4-9H2,1H3,(H2,18,21)/t10?,11-,12-/m1/s1. The fourth-order valence-electron chi connectivity index (χ4n) is 3.25. The second-order valence-corrected chi connectivity index (χ2v) is 8.28. The Balaban J connectivity index is 1.51. The molecular weight excluding hydrogens is 350 g/mol. The van der Waals surface area contributed by atoms with Crippen LogP contribution in [0.3, 0.4) is 0 Å². The van der Waals surface area contributed by atoms with Crippen LogP contribution < -0.4 is 5.73 Å². The van der Waals surface area contributed by atoms with Crippen molar-refractivity contribution in [2.45, 2.75) is 18.4 Å². The fraction of sp³-hybridized carbons (Fsp3) is 0.625. The van der Waals surface area contributed by atoms with Crippen LogP contribution >= 0.6 is 22.9 Å². The van der Waals surface area contributed by atoms with Gasteiger partial charge in [-0.15, -0.1) is 11.3 Å². The summed E-state index contributed by atoms with van der Waals surface area (Å²) in [5, 5.41) is 0. The van der Waals surface area contributed by atoms with Gasteiger partial charge < -0.3 is 15.4 Å². The molecule has 1 aliphatic heterocycles. The van der Waals surface area contributed by atoms with E-state index in [0.717, 1.165) is 10.8 Å². The van der Waals surface area contributed by atoms with Gasteiger partial charge in [-0.3, -0.25) is 14.5 Å². The zero-order valence-corrected chi connectivity index (χ0v) is 15.2. The van der Waals surface area contributed by atoms with Crippen LogP contribution in [-0.2, 0) is 14.3 Å². The van der Waals surface area contributed by atoms with Crippen LogP contribution in [0.1, 0.15) is 17.2 Å². The lowest BCUT2D eigenvalue weighted by Gasteiger charge is -2.34. The lowest BCUT2D eigenvalue weighted by atomic mass is 10.2. The van der Waals surface area contributed by atoms with Crippen molar-refractivity contribution in [3.8, 4) is 0 Å². The Morgan fingerprint density at radius 3 is 2.96 bits per heavy atom. The first kappa shape index (κ1) is 17.7. The Morgan fingerprint density at radius 2 is 2.29 bits per heavy atom. The average molecular weight is 372 g/mol. The smallest absolute Gasteiger partial charge is 0.231 e. The molecule has 0 spiro atoms. The number of hydrogen-bond donors (Lipinski definition) is 1. The zero-order chi connectivity index (χ0) is 17.3. The molecule has 1 aliphatic carbocycles. The van der Waals surface area contributed by atoms with Crippen LogP contribution in [0.4, 0.5) is 0 Å². The summed E-state index contributed by atoms with van der Waals surface area (Å²) in [5.41, 5.74) is 5.20. The third-order valence-corrected chi connectivity index (χ3v) is 5.82. The van der Waals surface area contributed by atoms with E-state index in [2.05, 4.69) is 0 Å². The number of carbonyl (C=O) groups is 2. The van der Waals surface area contributed by atoms with Gasteiger partial charge in [0.1, 0.15) is 0 Å². The number of hydrogen-bond acceptors (Lipinski definition) is 5. The fourth-order valence-corrected chi connectivity index (χ4v) is 4.49. The van der Waals surface area contributed by atoms with Gasteiger partial charge >= 0.3 is 0 Å². The highest BCUT2D eigenvalue weighted by Gasteiger charge is 2.47. The van der Waals surface area contributed by atoms with Gasteiger partial charge in [0.25, 0.3) is 0 Å². The highest BCUT2D eigenvalue weighted by atomic mass is 35.5. The first-order chi connectivity index (χ1) is 11.4. The van der Waals surface area contributed by atoms with E-state index in [-0.39, 0.29) is 30.4 Å². The van der Waals surface area contributed by atoms with Gasteiger partial charge in [0.05, 0.1) is 23.6 Å². The number of thiophene rings is 1. The van der Waals surface area contributed by atoms with Crippen LogP contribution in [0.15, 0.2) is 12.1 Å². The molecule has 1 aromatic rings. The average Bonchev–Trinajstić information content (AvgIpc) is 3.20. The molecule has 1 aromatic heterocycles. The second-order valence-electron chi connectivity index (χ2n) is 6.53. The molecule has 0 bridgehead atoms. The van der Waals surface area contributed by atoms with Crippen molar-refractivity contribution in [2.24, 2.45) is 11.7 Å². The summed E-state index contributed by atoms with van der Waals surface area (Å²) in [6.07, 6.45) is 0.819. The Kier molecular flexibility index (Phi) is 5.44. The van der Waals surface area contributed by atoms with Crippen molar-refractivity contribution in [1.29, 1.82) is 0 Å². The number of likely N-dealkylation sites (N-methyl/N-ethyl adjacent to an activating group) is 1. The molecule has 6 nitrogen and oxygen atoms in total. The number of nitrogens with zero attached hydrogens (tertiary/aromatic N) is 2. The molecule has 2 aliphatic rings. The minimum absolute atomic E-state index is 0.0711. The summed E-state index contributed by atoms with van der Waals surface area (Å²) in [5.74, 6) is 0.225. The summed E-state index contributed by atoms with van der Waals surface area (Å²) in [6.45, 7) is 2.50. The number of nitrogens with two attached hydrogens (primary N) is 1. The summed E-state index contributed by atoms with van der Waals surface area (Å²) < 4.78 is 6.49. The molecule has 2 fully saturated rings. The Labute approximate surface area is 150 Å². The van der Waals surface area contributed by atoms with E-state index in [0.29, 0.717) is 32.2 Å². The van der Waals surface area contributed by atoms with Crippen molar-refractivity contribution in [3.63, 3.8) is 0 Å². The van der Waals surface area contributed by atoms with Crippen molar-refractivity contribution in [3.05, 3.63) is 21.3 Å². The molecule has 0 aromatic carbocycles. The molecule has 3 rings (SSSR count). The number of ether oxygens (including phenoxy) is 1. The van der Waals surface area contributed by atoms with Crippen molar-refractivity contribution >= 4 is 34.8 Å². The van der Waals surface area contributed by atoms with E-state index in [4.69, 9.17) is 22.1 Å². The number of morpholine rings is 1. The third-order valence-electron chi connectivity index (χ3n) is 4.46. The number of rotatable bonds is 6. The highest BCUT2D eigenvalue weighted by molar-refractivity contribution is 7.16. The van der Waals surface area contributed by atoms with Crippen molar-refractivity contribution in [1.82, 2.24) is 9.80 Å². The van der Waals surface area contributed by atoms with Gasteiger partial charge in [0, 0.05) is 36.3 Å². The Morgan fingerprint density at radius 1 is 1.50 bits per heavy atom. The van der Waals surface area contributed by atoms with Crippen LogP contribution in [0, 0.1) is 5.92 Å². The predicted molar refractivity (Wildman–Crippen MR) is 93.2 cm³/mol. The summed E-state index contributed by atoms with van der Waals surface area (Å²) in [4.78, 5) is 28.6. The molecule has 3 atom stereocenters. The summed E-state index contributed by atoms with van der Waals surface area (Å²) in [6, 6.07) is 3.91. The van der Waals surface area contributed by atoms with Crippen LogP contribution in [-0.4, -0.2) is 67.6 Å². The minimum atomic E-state index is -0.364. The molecule has 2 amide bonds. The second kappa shape index (κ2) is 7.39. The van der Waals surface area contributed by atoms with Crippen molar-refractivity contribution in [2.75, 3.05) is 39.8 Å². The quantitative estimate of drug-likeness (QED) is 0.813. The molecule has 2 heterocycles. The van der Waals surface area contributed by atoms with E-state index in [9.17, 15) is 9.59 Å². The molecule has 2 N–H and O–H groups in total. The van der Waals surface area contributed by atoms with Crippen LogP contribution in [0.25, 0.3) is 0 Å². The van der Waals surface area contributed by atoms with Gasteiger partial charge in [-0.25, -0.2) is 0 Å². The summed E-state index contributed by atoms with van der Waals surface area (Å²) in [7, 11) is 1.83. The van der Waals surface area contributed by atoms with Gasteiger partial charge in [-0.2, -0.15) is 0 Å². The monoisotopic (exact) mass is 371 g/mol. The Hall–Kier alpha value is -1.15. The van der Waals surface area contributed by atoms with Crippen LogP contribution in [0.2, 0.25) is 4.34 Å². The molecule has 0 radical (unpaired) electrons. The van der Waals surface area contributed by atoms with Gasteiger partial charge in [0.15, 0.2) is 0 Å². The first-order valence-corrected chi connectivity index (χ1v) is 9.26. The van der Waals surface area contributed by atoms with E-state index in [1.807, 2.05) is 29.0 Å². The molecule has 1 saturated heterocycles. The first-order valence-electron chi connectivity index (χ1n) is 8.06. The predicted octanol–water partition coefficient (Wildman–Crippen LogP) is 1.15. The molecule has 24 heavy (non-hydrogen) atoms. The van der Waals surface area contributed by atoms with E-state index >= 15 is 0 Å². The third kappa shape index (κ3) is 4.27. The number of amides is 2. The van der Waals surface area contributed by atoms with Gasteiger partial charge in [-0.1, -0.05) is 11.6 Å². The molecule has 132 valence electrons. The summed E-state index contributed by atoms with van der Waals surface area (Å²) >= 11 is 7.54. The largest absolute Gasteiger partial charge is 0.373 e. The van der Waals surface area contributed by atoms with Gasteiger partial charge in [-0.05, 0) is 25.6 Å². The molecular formula is C16H22ClN3O3S. The number of carbonyl (C=O) groups excluding carboxylic acids is 2. The lowest BCUT2D eigenvalue weighted by molar-refractivity contribution is -0.141. The van der Waals surface area contributed by atoms with Crippen LogP contribution in [0.5, 0.6) is 0 Å². The Bertz CT molecular complexity index is 623. The number of halogens is 1. The zero-order valence-electron chi connectivity index (χ0n) is 13.6. The van der Waals surface area contributed by atoms with Crippen molar-refractivity contribution < 1.29 is 14.3 Å². The maximum atomic E-state index is 12.7. The molecule has 1 saturated carbocycles. The molecule has 8 heteroatoms. The number of primary amides is 1. The SMILES string of the molecule is CN(CC(N)=O)CC1CN(C(=O)[C@@H]2C[C@H]2c2ccc(Cl)s2)CCO1. The maximum absolute atomic E-state index is 12.7. The van der Waals surface area contributed by atoms with Gasteiger partial charge in [0.2, 0.25) is 11.8 Å². The maximum Gasteiger partial charge on any atom is 0.231 e. The lowest BCUT2D eigenvalue weighted by Crippen LogP contribution is -2.50. The van der Waals surface area contributed by atoms with E-state index < -0.39 is 0 Å².